The van der Waals surface area contributed by atoms with Crippen LogP contribution in [0.4, 0.5) is 0 Å². The van der Waals surface area contributed by atoms with Crippen molar-refractivity contribution in [1.82, 2.24) is 4.57 Å². The van der Waals surface area contributed by atoms with E-state index >= 15 is 0 Å². The predicted molar refractivity (Wildman–Crippen MR) is 70.6 cm³/mol. The highest BCUT2D eigenvalue weighted by Gasteiger charge is 2.07. The highest BCUT2D eigenvalue weighted by atomic mass is 16.4. The van der Waals surface area contributed by atoms with E-state index in [9.17, 15) is 4.79 Å². The van der Waals surface area contributed by atoms with Crippen molar-refractivity contribution < 1.29 is 4.42 Å². The van der Waals surface area contributed by atoms with Gasteiger partial charge in [-0.25, -0.2) is 4.79 Å². The number of aromatic nitrogens is 1. The van der Waals surface area contributed by atoms with Gasteiger partial charge in [0.2, 0.25) is 0 Å². The van der Waals surface area contributed by atoms with Gasteiger partial charge in [-0.05, 0) is 24.1 Å². The molecule has 0 aliphatic heterocycles. The van der Waals surface area contributed by atoms with E-state index in [1.165, 1.54) is 5.56 Å². The Morgan fingerprint density at radius 3 is 2.50 bits per heavy atom. The molecule has 90 valence electrons. The minimum Gasteiger partial charge on any atom is -0.408 e. The lowest BCUT2D eigenvalue weighted by molar-refractivity contribution is 0.505. The predicted octanol–water partition coefficient (Wildman–Crippen LogP) is 2.84. The molecule has 1 heterocycles. The summed E-state index contributed by atoms with van der Waals surface area (Å²) in [6, 6.07) is 17.6. The van der Waals surface area contributed by atoms with Gasteiger partial charge in [-0.1, -0.05) is 42.5 Å². The first-order valence-corrected chi connectivity index (χ1v) is 5.97. The van der Waals surface area contributed by atoms with E-state index in [2.05, 4.69) is 12.1 Å². The SMILES string of the molecule is O=c1oc2ccccc2n1CCc1ccccc1. The van der Waals surface area contributed by atoms with Crippen LogP contribution in [-0.2, 0) is 13.0 Å². The number of nitrogens with zero attached hydrogens (tertiary/aromatic N) is 1. The summed E-state index contributed by atoms with van der Waals surface area (Å²) in [5.41, 5.74) is 2.73. The number of benzene rings is 2. The molecule has 1 aromatic heterocycles. The van der Waals surface area contributed by atoms with Crippen molar-refractivity contribution in [2.45, 2.75) is 13.0 Å². The van der Waals surface area contributed by atoms with Gasteiger partial charge in [0.15, 0.2) is 5.58 Å². The van der Waals surface area contributed by atoms with Gasteiger partial charge >= 0.3 is 5.76 Å². The van der Waals surface area contributed by atoms with Crippen LogP contribution in [0.1, 0.15) is 5.56 Å². The Balaban J connectivity index is 1.91. The topological polar surface area (TPSA) is 35.1 Å². The Hall–Kier alpha value is -2.29. The Morgan fingerprint density at radius 2 is 1.67 bits per heavy atom. The van der Waals surface area contributed by atoms with Crippen molar-refractivity contribution in [3.8, 4) is 0 Å². The third-order valence-corrected chi connectivity index (χ3v) is 3.04. The summed E-state index contributed by atoms with van der Waals surface area (Å²) in [6.45, 7) is 0.639. The zero-order valence-electron chi connectivity index (χ0n) is 9.87. The van der Waals surface area contributed by atoms with Gasteiger partial charge in [0.05, 0.1) is 5.52 Å². The van der Waals surface area contributed by atoms with Crippen LogP contribution in [0.15, 0.2) is 63.8 Å². The third kappa shape index (κ3) is 1.95. The zero-order valence-corrected chi connectivity index (χ0v) is 9.87. The van der Waals surface area contributed by atoms with Crippen molar-refractivity contribution in [2.24, 2.45) is 0 Å². The third-order valence-electron chi connectivity index (χ3n) is 3.04. The molecule has 0 aliphatic rings. The van der Waals surface area contributed by atoms with E-state index in [4.69, 9.17) is 4.42 Å². The van der Waals surface area contributed by atoms with Gasteiger partial charge < -0.3 is 4.42 Å². The molecule has 18 heavy (non-hydrogen) atoms. The Bertz CT molecular complexity index is 710. The molecule has 3 nitrogen and oxygen atoms in total. The minimum atomic E-state index is -0.285. The molecule has 3 rings (SSSR count). The summed E-state index contributed by atoms with van der Waals surface area (Å²) in [4.78, 5) is 11.8. The average molecular weight is 239 g/mol. The molecule has 0 saturated carbocycles. The first kappa shape index (κ1) is 10.8. The van der Waals surface area contributed by atoms with Crippen molar-refractivity contribution >= 4 is 11.1 Å². The molecule has 3 heteroatoms. The number of hydrogen-bond acceptors (Lipinski definition) is 2. The molecular weight excluding hydrogens is 226 g/mol. The molecule has 0 unspecified atom stereocenters. The summed E-state index contributed by atoms with van der Waals surface area (Å²) in [5, 5.41) is 0. The number of para-hydroxylation sites is 2. The lowest BCUT2D eigenvalue weighted by atomic mass is 10.1. The summed E-state index contributed by atoms with van der Waals surface area (Å²) >= 11 is 0. The van der Waals surface area contributed by atoms with E-state index in [1.807, 2.05) is 42.5 Å². The molecule has 0 spiro atoms. The van der Waals surface area contributed by atoms with E-state index in [-0.39, 0.29) is 5.76 Å². The van der Waals surface area contributed by atoms with Crippen molar-refractivity contribution in [3.05, 3.63) is 70.7 Å². The molecule has 0 saturated heterocycles. The van der Waals surface area contributed by atoms with Crippen LogP contribution >= 0.6 is 0 Å². The van der Waals surface area contributed by atoms with Crippen molar-refractivity contribution in [2.75, 3.05) is 0 Å². The van der Waals surface area contributed by atoms with Crippen LogP contribution in [0.2, 0.25) is 0 Å². The van der Waals surface area contributed by atoms with E-state index < -0.39 is 0 Å². The monoisotopic (exact) mass is 239 g/mol. The highest BCUT2D eigenvalue weighted by molar-refractivity contribution is 5.72. The largest absolute Gasteiger partial charge is 0.419 e. The number of fused-ring (bicyclic) bond motifs is 1. The molecule has 0 radical (unpaired) electrons. The quantitative estimate of drug-likeness (QED) is 0.704. The molecule has 0 bridgehead atoms. The Labute approximate surface area is 104 Å². The maximum absolute atomic E-state index is 11.8. The second-order valence-corrected chi connectivity index (χ2v) is 4.22. The number of oxazole rings is 1. The lowest BCUT2D eigenvalue weighted by Crippen LogP contribution is -2.15. The minimum absolute atomic E-state index is 0.285. The fourth-order valence-electron chi connectivity index (χ4n) is 2.11. The average Bonchev–Trinajstić information content (AvgIpc) is 2.73. The van der Waals surface area contributed by atoms with Gasteiger partial charge in [-0.3, -0.25) is 4.57 Å². The molecule has 0 amide bonds. The molecule has 0 N–H and O–H groups in total. The fraction of sp³-hybridized carbons (Fsp3) is 0.133. The van der Waals surface area contributed by atoms with Gasteiger partial charge in [0, 0.05) is 6.54 Å². The smallest absolute Gasteiger partial charge is 0.408 e. The highest BCUT2D eigenvalue weighted by Crippen LogP contribution is 2.12. The molecular formula is C15H13NO2. The fourth-order valence-corrected chi connectivity index (χ4v) is 2.11. The number of rotatable bonds is 3. The lowest BCUT2D eigenvalue weighted by Gasteiger charge is -2.02. The van der Waals surface area contributed by atoms with Gasteiger partial charge in [0.25, 0.3) is 0 Å². The molecule has 0 atom stereocenters. The van der Waals surface area contributed by atoms with Crippen molar-refractivity contribution in [3.63, 3.8) is 0 Å². The molecule has 0 aliphatic carbocycles. The van der Waals surface area contributed by atoms with E-state index in [0.29, 0.717) is 12.1 Å². The Kier molecular flexibility index (Phi) is 2.73. The maximum Gasteiger partial charge on any atom is 0.419 e. The van der Waals surface area contributed by atoms with Gasteiger partial charge in [0.1, 0.15) is 0 Å². The summed E-state index contributed by atoms with van der Waals surface area (Å²) < 4.78 is 6.88. The zero-order chi connectivity index (χ0) is 12.4. The first-order valence-electron chi connectivity index (χ1n) is 5.97. The van der Waals surface area contributed by atoms with E-state index in [1.54, 1.807) is 4.57 Å². The van der Waals surface area contributed by atoms with Crippen LogP contribution in [0.25, 0.3) is 11.1 Å². The summed E-state index contributed by atoms with van der Waals surface area (Å²) in [6.07, 6.45) is 0.824. The number of hydrogen-bond donors (Lipinski definition) is 0. The van der Waals surface area contributed by atoms with Crippen LogP contribution in [-0.4, -0.2) is 4.57 Å². The number of aryl methyl sites for hydroxylation is 2. The molecule has 0 fully saturated rings. The maximum atomic E-state index is 11.8. The van der Waals surface area contributed by atoms with Crippen LogP contribution in [0, 0.1) is 0 Å². The van der Waals surface area contributed by atoms with Gasteiger partial charge in [-0.2, -0.15) is 0 Å². The second-order valence-electron chi connectivity index (χ2n) is 4.22. The molecule has 3 aromatic rings. The van der Waals surface area contributed by atoms with E-state index in [0.717, 1.165) is 11.9 Å². The summed E-state index contributed by atoms with van der Waals surface area (Å²) in [5.74, 6) is -0.285. The normalized spacial score (nSPS) is 10.9. The second kappa shape index (κ2) is 4.53. The summed E-state index contributed by atoms with van der Waals surface area (Å²) in [7, 11) is 0. The molecule has 2 aromatic carbocycles. The van der Waals surface area contributed by atoms with Crippen LogP contribution < -0.4 is 5.76 Å². The standard InChI is InChI=1S/C15H13NO2/c17-15-16(11-10-12-6-2-1-3-7-12)13-8-4-5-9-14(13)18-15/h1-9H,10-11H2. The van der Waals surface area contributed by atoms with Crippen molar-refractivity contribution in [1.29, 1.82) is 0 Å². The van der Waals surface area contributed by atoms with Crippen LogP contribution in [0.3, 0.4) is 0 Å². The Morgan fingerprint density at radius 1 is 0.944 bits per heavy atom. The van der Waals surface area contributed by atoms with Gasteiger partial charge in [-0.15, -0.1) is 0 Å². The first-order chi connectivity index (χ1) is 8.84. The van der Waals surface area contributed by atoms with Crippen LogP contribution in [0.5, 0.6) is 0 Å².